The van der Waals surface area contributed by atoms with Gasteiger partial charge >= 0.3 is 0 Å². The van der Waals surface area contributed by atoms with Gasteiger partial charge in [-0.2, -0.15) is 5.26 Å². The first-order valence-electron chi connectivity index (χ1n) is 11.4. The van der Waals surface area contributed by atoms with Crippen molar-refractivity contribution in [3.05, 3.63) is 95.6 Å². The molecule has 0 aliphatic heterocycles. The van der Waals surface area contributed by atoms with Crippen molar-refractivity contribution in [2.24, 2.45) is 11.1 Å². The summed E-state index contributed by atoms with van der Waals surface area (Å²) in [5.74, 6) is 0.237. The summed E-state index contributed by atoms with van der Waals surface area (Å²) in [6.45, 7) is 5.22. The molecule has 7 nitrogen and oxygen atoms in total. The lowest BCUT2D eigenvalue weighted by Crippen LogP contribution is -2.41. The smallest absolute Gasteiger partial charge is 0.262 e. The van der Waals surface area contributed by atoms with Crippen molar-refractivity contribution in [2.45, 2.75) is 20.4 Å². The summed E-state index contributed by atoms with van der Waals surface area (Å²) >= 11 is 0. The molecule has 0 aliphatic carbocycles. The highest BCUT2D eigenvalue weighted by Crippen LogP contribution is 2.21. The molecular weight excluding hydrogens is 440 g/mol. The highest BCUT2D eigenvalue weighted by atomic mass is 16.5. The van der Waals surface area contributed by atoms with Crippen molar-refractivity contribution in [2.75, 3.05) is 25.0 Å². The molecule has 3 N–H and O–H groups in total. The molecule has 3 aromatic carbocycles. The number of carbonyl (C=O) groups excluding carboxylic acids is 2. The third-order valence-electron chi connectivity index (χ3n) is 5.44. The average molecular weight is 471 g/mol. The largest absolute Gasteiger partial charge is 0.484 e. The molecule has 35 heavy (non-hydrogen) atoms. The number of carbonyl (C=O) groups is 2. The summed E-state index contributed by atoms with van der Waals surface area (Å²) in [4.78, 5) is 27.2. The van der Waals surface area contributed by atoms with Crippen LogP contribution in [-0.4, -0.2) is 36.4 Å². The number of amides is 2. The average Bonchev–Trinajstić information content (AvgIpc) is 2.88. The number of ether oxygens (including phenoxy) is 1. The molecule has 0 saturated heterocycles. The fourth-order valence-electron chi connectivity index (χ4n) is 3.43. The molecule has 0 aromatic heterocycles. The number of hydrogen-bond acceptors (Lipinski definition) is 5. The van der Waals surface area contributed by atoms with E-state index in [1.807, 2.05) is 44.2 Å². The van der Waals surface area contributed by atoms with Crippen molar-refractivity contribution in [3.63, 3.8) is 0 Å². The Balaban J connectivity index is 1.66. The highest BCUT2D eigenvalue weighted by molar-refractivity contribution is 5.94. The highest BCUT2D eigenvalue weighted by Gasteiger charge is 2.25. The molecule has 0 heterocycles. The Bertz CT molecular complexity index is 1170. The van der Waals surface area contributed by atoms with Crippen molar-refractivity contribution in [1.82, 2.24) is 4.90 Å². The van der Waals surface area contributed by atoms with Crippen LogP contribution < -0.4 is 15.8 Å². The number of para-hydroxylation sites is 1. The molecule has 0 fully saturated rings. The van der Waals surface area contributed by atoms with E-state index in [9.17, 15) is 9.59 Å². The first-order chi connectivity index (χ1) is 16.8. The lowest BCUT2D eigenvalue weighted by atomic mass is 9.92. The first kappa shape index (κ1) is 25.5. The van der Waals surface area contributed by atoms with Crippen LogP contribution in [0.15, 0.2) is 78.9 Å². The van der Waals surface area contributed by atoms with Crippen molar-refractivity contribution in [1.29, 1.82) is 5.26 Å². The van der Waals surface area contributed by atoms with E-state index in [0.29, 0.717) is 42.2 Å². The summed E-state index contributed by atoms with van der Waals surface area (Å²) in [6, 6.07) is 25.2. The molecule has 0 unspecified atom stereocenters. The number of nitrogens with zero attached hydrogens (tertiary/aromatic N) is 2. The third-order valence-corrected chi connectivity index (χ3v) is 5.44. The van der Waals surface area contributed by atoms with E-state index >= 15 is 0 Å². The van der Waals surface area contributed by atoms with Crippen LogP contribution in [0.5, 0.6) is 5.75 Å². The lowest BCUT2D eigenvalue weighted by molar-refractivity contribution is -0.118. The number of rotatable bonds is 10. The molecular formula is C28H30N4O3. The number of hydrogen-bond donors (Lipinski definition) is 2. The van der Waals surface area contributed by atoms with E-state index in [1.165, 1.54) is 0 Å². The van der Waals surface area contributed by atoms with E-state index in [-0.39, 0.29) is 23.8 Å². The van der Waals surface area contributed by atoms with Gasteiger partial charge in [0, 0.05) is 24.3 Å². The summed E-state index contributed by atoms with van der Waals surface area (Å²) < 4.78 is 5.47. The van der Waals surface area contributed by atoms with Crippen LogP contribution in [0, 0.1) is 16.7 Å². The fraction of sp³-hybridized carbons (Fsp3) is 0.250. The SMILES string of the molecule is CC(C)(CN)CN(Cc1ccc(NC(=O)COc2ccccc2)cc1)C(=O)c1ccc(C#N)cc1. The number of nitriles is 1. The molecule has 7 heteroatoms. The monoisotopic (exact) mass is 470 g/mol. The zero-order valence-corrected chi connectivity index (χ0v) is 20.0. The quantitative estimate of drug-likeness (QED) is 0.462. The minimum absolute atomic E-state index is 0.0905. The Hall–Kier alpha value is -4.15. The Morgan fingerprint density at radius 1 is 1.00 bits per heavy atom. The van der Waals surface area contributed by atoms with Gasteiger partial charge in [-0.05, 0) is 66.1 Å². The van der Waals surface area contributed by atoms with Gasteiger partial charge in [0.25, 0.3) is 11.8 Å². The normalized spacial score (nSPS) is 10.8. The maximum absolute atomic E-state index is 13.3. The summed E-state index contributed by atoms with van der Waals surface area (Å²) in [5, 5.41) is 11.8. The van der Waals surface area contributed by atoms with Gasteiger partial charge in [0.05, 0.1) is 11.6 Å². The minimum Gasteiger partial charge on any atom is -0.484 e. The van der Waals surface area contributed by atoms with Gasteiger partial charge in [-0.15, -0.1) is 0 Å². The Morgan fingerprint density at radius 2 is 1.66 bits per heavy atom. The predicted molar refractivity (Wildman–Crippen MR) is 136 cm³/mol. The number of anilines is 1. The molecule has 3 aromatic rings. The topological polar surface area (TPSA) is 108 Å². The van der Waals surface area contributed by atoms with E-state index in [4.69, 9.17) is 15.7 Å². The van der Waals surface area contributed by atoms with Crippen LogP contribution in [0.1, 0.15) is 35.3 Å². The molecule has 3 rings (SSSR count). The van der Waals surface area contributed by atoms with Crippen LogP contribution in [0.2, 0.25) is 0 Å². The van der Waals surface area contributed by atoms with Gasteiger partial charge in [0.15, 0.2) is 6.61 Å². The van der Waals surface area contributed by atoms with Crippen molar-refractivity contribution >= 4 is 17.5 Å². The van der Waals surface area contributed by atoms with Crippen LogP contribution >= 0.6 is 0 Å². The second-order valence-electron chi connectivity index (χ2n) is 9.07. The van der Waals surface area contributed by atoms with E-state index in [0.717, 1.165) is 5.56 Å². The minimum atomic E-state index is -0.269. The Labute approximate surface area is 206 Å². The maximum atomic E-state index is 13.3. The maximum Gasteiger partial charge on any atom is 0.262 e. The van der Waals surface area contributed by atoms with E-state index in [2.05, 4.69) is 11.4 Å². The van der Waals surface area contributed by atoms with Gasteiger partial charge in [-0.1, -0.05) is 44.2 Å². The van der Waals surface area contributed by atoms with Crippen LogP contribution in [0.3, 0.4) is 0 Å². The summed E-state index contributed by atoms with van der Waals surface area (Å²) in [6.07, 6.45) is 0. The summed E-state index contributed by atoms with van der Waals surface area (Å²) in [7, 11) is 0. The van der Waals surface area contributed by atoms with Crippen molar-refractivity contribution in [3.8, 4) is 11.8 Å². The molecule has 0 spiro atoms. The zero-order chi connectivity index (χ0) is 25.3. The van der Waals surface area contributed by atoms with E-state index < -0.39 is 0 Å². The molecule has 0 bridgehead atoms. The summed E-state index contributed by atoms with van der Waals surface area (Å²) in [5.41, 5.74) is 8.23. The standard InChI is InChI=1S/C28H30N4O3/c1-28(2,19-30)20-32(27(34)23-12-8-21(16-29)9-13-23)17-22-10-14-24(15-11-22)31-26(33)18-35-25-6-4-3-5-7-25/h3-15H,17-20,30H2,1-2H3,(H,31,33). The molecule has 180 valence electrons. The fourth-order valence-corrected chi connectivity index (χ4v) is 3.43. The van der Waals surface area contributed by atoms with E-state index in [1.54, 1.807) is 53.4 Å². The number of benzene rings is 3. The third kappa shape index (κ3) is 7.70. The van der Waals surface area contributed by atoms with Gasteiger partial charge in [-0.25, -0.2) is 0 Å². The Morgan fingerprint density at radius 3 is 2.26 bits per heavy atom. The van der Waals surface area contributed by atoms with Gasteiger partial charge in [-0.3, -0.25) is 9.59 Å². The lowest BCUT2D eigenvalue weighted by Gasteiger charge is -2.32. The zero-order valence-electron chi connectivity index (χ0n) is 20.0. The second-order valence-corrected chi connectivity index (χ2v) is 9.07. The molecule has 0 radical (unpaired) electrons. The Kier molecular flexibility index (Phi) is 8.60. The molecule has 0 aliphatic rings. The number of nitrogens with one attached hydrogen (secondary N) is 1. The van der Waals surface area contributed by atoms with Crippen molar-refractivity contribution < 1.29 is 14.3 Å². The first-order valence-corrected chi connectivity index (χ1v) is 11.4. The predicted octanol–water partition coefficient (Wildman–Crippen LogP) is 4.20. The second kappa shape index (κ2) is 11.8. The van der Waals surface area contributed by atoms with Crippen LogP contribution in [0.25, 0.3) is 0 Å². The molecule has 0 atom stereocenters. The molecule has 0 saturated carbocycles. The van der Waals surface area contributed by atoms with Crippen LogP contribution in [-0.2, 0) is 11.3 Å². The van der Waals surface area contributed by atoms with Gasteiger partial charge in [0.2, 0.25) is 0 Å². The van der Waals surface area contributed by atoms with Gasteiger partial charge in [0.1, 0.15) is 5.75 Å². The molecule has 2 amide bonds. The van der Waals surface area contributed by atoms with Gasteiger partial charge < -0.3 is 20.7 Å². The van der Waals surface area contributed by atoms with Crippen LogP contribution in [0.4, 0.5) is 5.69 Å². The number of nitrogens with two attached hydrogens (primary N) is 1.